The molecule has 2 N–H and O–H groups in total. The molecule has 4 unspecified atom stereocenters. The van der Waals surface area contributed by atoms with Crippen molar-refractivity contribution in [3.05, 3.63) is 59.7 Å². The number of hydrogen-bond donors (Lipinski definition) is 2. The van der Waals surface area contributed by atoms with E-state index < -0.39 is 6.10 Å². The molecule has 8 heteroatoms. The quantitative estimate of drug-likeness (QED) is 0.357. The normalized spacial score (nSPS) is 24.4. The molecule has 8 nitrogen and oxygen atoms in total. The fourth-order valence-corrected chi connectivity index (χ4v) is 6.60. The molecule has 3 aliphatic rings. The predicted molar refractivity (Wildman–Crippen MR) is 151 cm³/mol. The number of amides is 1. The first-order valence-electron chi connectivity index (χ1n) is 14.9. The van der Waals surface area contributed by atoms with Crippen LogP contribution in [-0.2, 0) is 4.79 Å². The van der Waals surface area contributed by atoms with E-state index in [0.717, 1.165) is 91.3 Å². The number of rotatable bonds is 8. The van der Waals surface area contributed by atoms with Crippen LogP contribution in [-0.4, -0.2) is 39.2 Å². The van der Waals surface area contributed by atoms with Gasteiger partial charge < -0.3 is 19.6 Å². The Labute approximate surface area is 236 Å². The van der Waals surface area contributed by atoms with Gasteiger partial charge in [0.15, 0.2) is 5.89 Å². The molecule has 0 radical (unpaired) electrons. The Morgan fingerprint density at radius 1 is 1.07 bits per heavy atom. The molecule has 3 fully saturated rings. The van der Waals surface area contributed by atoms with Crippen molar-refractivity contribution in [3.8, 4) is 17.0 Å². The SMILES string of the molecule is COc1ccc(C2CCC(C(NC(=O)C3CCCCC3)c3cc(-c4coc(C5CC5)n4)ccn3)CC2O)nc1C. The summed E-state index contributed by atoms with van der Waals surface area (Å²) in [6.07, 6.45) is 12.7. The van der Waals surface area contributed by atoms with Crippen LogP contribution in [0.1, 0.15) is 105 Å². The number of aliphatic hydroxyl groups is 1. The van der Waals surface area contributed by atoms with Crippen molar-refractivity contribution in [2.75, 3.05) is 7.11 Å². The monoisotopic (exact) mass is 544 g/mol. The van der Waals surface area contributed by atoms with Gasteiger partial charge in [-0.05, 0) is 82.1 Å². The average molecular weight is 545 g/mol. The zero-order chi connectivity index (χ0) is 27.6. The Bertz CT molecular complexity index is 1330. The van der Waals surface area contributed by atoms with Crippen molar-refractivity contribution in [1.29, 1.82) is 0 Å². The molecule has 3 aliphatic carbocycles. The summed E-state index contributed by atoms with van der Waals surface area (Å²) in [5, 5.41) is 14.8. The maximum Gasteiger partial charge on any atom is 0.223 e. The van der Waals surface area contributed by atoms with Crippen LogP contribution in [0.4, 0.5) is 0 Å². The van der Waals surface area contributed by atoms with E-state index in [1.165, 1.54) is 6.42 Å². The van der Waals surface area contributed by atoms with Gasteiger partial charge in [-0.1, -0.05) is 19.3 Å². The number of aliphatic hydroxyl groups excluding tert-OH is 1. The van der Waals surface area contributed by atoms with Crippen LogP contribution >= 0.6 is 0 Å². The minimum atomic E-state index is -0.562. The molecular formula is C32H40N4O4. The Hall–Kier alpha value is -3.26. The number of nitrogens with zero attached hydrogens (tertiary/aromatic N) is 3. The van der Waals surface area contributed by atoms with E-state index in [4.69, 9.17) is 24.1 Å². The maximum absolute atomic E-state index is 13.5. The largest absolute Gasteiger partial charge is 0.495 e. The minimum absolute atomic E-state index is 0.0452. The van der Waals surface area contributed by atoms with Crippen LogP contribution in [0.25, 0.3) is 11.3 Å². The molecule has 0 aliphatic heterocycles. The number of carbonyl (C=O) groups is 1. The number of hydrogen-bond acceptors (Lipinski definition) is 7. The molecule has 0 bridgehead atoms. The highest BCUT2D eigenvalue weighted by atomic mass is 16.5. The molecule has 4 atom stereocenters. The molecule has 212 valence electrons. The molecule has 0 aromatic carbocycles. The fourth-order valence-electron chi connectivity index (χ4n) is 6.60. The number of oxazole rings is 1. The zero-order valence-corrected chi connectivity index (χ0v) is 23.5. The summed E-state index contributed by atoms with van der Waals surface area (Å²) in [7, 11) is 1.64. The second-order valence-corrected chi connectivity index (χ2v) is 11.9. The molecule has 1 amide bonds. The number of pyridine rings is 2. The van der Waals surface area contributed by atoms with Crippen molar-refractivity contribution in [3.63, 3.8) is 0 Å². The van der Waals surface area contributed by atoms with E-state index in [1.807, 2.05) is 31.2 Å². The zero-order valence-electron chi connectivity index (χ0n) is 23.5. The Balaban J connectivity index is 1.24. The third-order valence-electron chi connectivity index (χ3n) is 9.11. The van der Waals surface area contributed by atoms with Gasteiger partial charge in [-0.25, -0.2) is 4.98 Å². The summed E-state index contributed by atoms with van der Waals surface area (Å²) in [6, 6.07) is 7.58. The average Bonchev–Trinajstić information content (AvgIpc) is 3.72. The third kappa shape index (κ3) is 5.78. The van der Waals surface area contributed by atoms with Gasteiger partial charge >= 0.3 is 0 Å². The van der Waals surface area contributed by atoms with Crippen LogP contribution < -0.4 is 10.1 Å². The first-order chi connectivity index (χ1) is 19.5. The summed E-state index contributed by atoms with van der Waals surface area (Å²) in [5.74, 6) is 2.16. The van der Waals surface area contributed by atoms with Gasteiger partial charge in [0, 0.05) is 35.2 Å². The molecule has 0 spiro atoms. The Morgan fingerprint density at radius 2 is 1.90 bits per heavy atom. The van der Waals surface area contributed by atoms with Gasteiger partial charge in [0.2, 0.25) is 5.91 Å². The fraction of sp³-hybridized carbons (Fsp3) is 0.562. The topological polar surface area (TPSA) is 110 Å². The van der Waals surface area contributed by atoms with E-state index in [0.29, 0.717) is 12.3 Å². The highest BCUT2D eigenvalue weighted by molar-refractivity contribution is 5.79. The predicted octanol–water partition coefficient (Wildman–Crippen LogP) is 6.01. The van der Waals surface area contributed by atoms with Crippen LogP contribution in [0.15, 0.2) is 41.1 Å². The van der Waals surface area contributed by atoms with Crippen molar-refractivity contribution in [2.24, 2.45) is 11.8 Å². The summed E-state index contributed by atoms with van der Waals surface area (Å²) in [6.45, 7) is 1.93. The van der Waals surface area contributed by atoms with Crippen molar-refractivity contribution >= 4 is 5.91 Å². The minimum Gasteiger partial charge on any atom is -0.495 e. The number of methoxy groups -OCH3 is 1. The van der Waals surface area contributed by atoms with Crippen LogP contribution in [0, 0.1) is 18.8 Å². The van der Waals surface area contributed by atoms with Gasteiger partial charge in [-0.15, -0.1) is 0 Å². The van der Waals surface area contributed by atoms with Crippen LogP contribution in [0.3, 0.4) is 0 Å². The second-order valence-electron chi connectivity index (χ2n) is 11.9. The standard InChI is InChI=1S/C32H40N4O4/c1-19-29(39-2)13-12-25(34-19)24-11-10-23(17-28(24)37)30(36-31(38)20-6-4-3-5-7-20)26-16-22(14-15-33-26)27-18-40-32(35-27)21-8-9-21/h12-16,18,20-21,23-24,28,30,37H,3-11,17H2,1-2H3,(H,36,38). The van der Waals surface area contributed by atoms with Gasteiger partial charge in [0.25, 0.3) is 0 Å². The lowest BCUT2D eigenvalue weighted by Gasteiger charge is -2.38. The lowest BCUT2D eigenvalue weighted by atomic mass is 9.74. The van der Waals surface area contributed by atoms with E-state index in [9.17, 15) is 9.90 Å². The molecule has 3 saturated carbocycles. The molecule has 3 aromatic rings. The van der Waals surface area contributed by atoms with E-state index >= 15 is 0 Å². The highest BCUT2D eigenvalue weighted by Crippen LogP contribution is 2.43. The van der Waals surface area contributed by atoms with Crippen molar-refractivity contribution in [1.82, 2.24) is 20.3 Å². The molecular weight excluding hydrogens is 504 g/mol. The van der Waals surface area contributed by atoms with Gasteiger partial charge in [0.1, 0.15) is 17.7 Å². The summed E-state index contributed by atoms with van der Waals surface area (Å²) in [4.78, 5) is 27.7. The summed E-state index contributed by atoms with van der Waals surface area (Å²) in [5.41, 5.74) is 4.26. The van der Waals surface area contributed by atoms with E-state index in [-0.39, 0.29) is 29.7 Å². The first kappa shape index (κ1) is 26.9. The molecule has 3 aromatic heterocycles. The van der Waals surface area contributed by atoms with Crippen LogP contribution in [0.5, 0.6) is 5.75 Å². The second kappa shape index (κ2) is 11.7. The highest BCUT2D eigenvalue weighted by Gasteiger charge is 2.38. The number of ether oxygens (including phenoxy) is 1. The smallest absolute Gasteiger partial charge is 0.223 e. The lowest BCUT2D eigenvalue weighted by molar-refractivity contribution is -0.127. The summed E-state index contributed by atoms with van der Waals surface area (Å²) >= 11 is 0. The van der Waals surface area contributed by atoms with Crippen LogP contribution in [0.2, 0.25) is 0 Å². The summed E-state index contributed by atoms with van der Waals surface area (Å²) < 4.78 is 11.1. The van der Waals surface area contributed by atoms with Gasteiger partial charge in [-0.3, -0.25) is 14.8 Å². The Morgan fingerprint density at radius 3 is 2.62 bits per heavy atom. The Kier molecular flexibility index (Phi) is 7.87. The number of carbonyl (C=O) groups excluding carboxylic acids is 1. The van der Waals surface area contributed by atoms with Gasteiger partial charge in [0.05, 0.1) is 30.6 Å². The molecule has 0 saturated heterocycles. The van der Waals surface area contributed by atoms with Crippen molar-refractivity contribution in [2.45, 2.75) is 95.1 Å². The van der Waals surface area contributed by atoms with Crippen molar-refractivity contribution < 1.29 is 19.1 Å². The molecule has 6 rings (SSSR count). The molecule has 3 heterocycles. The molecule has 40 heavy (non-hydrogen) atoms. The number of aryl methyl sites for hydroxylation is 1. The third-order valence-corrected chi connectivity index (χ3v) is 9.11. The number of nitrogens with one attached hydrogen (secondary N) is 1. The van der Waals surface area contributed by atoms with E-state index in [1.54, 1.807) is 19.6 Å². The van der Waals surface area contributed by atoms with E-state index in [2.05, 4.69) is 5.32 Å². The number of aromatic nitrogens is 3. The lowest BCUT2D eigenvalue weighted by Crippen LogP contribution is -2.41. The maximum atomic E-state index is 13.5. The van der Waals surface area contributed by atoms with Gasteiger partial charge in [-0.2, -0.15) is 0 Å². The first-order valence-corrected chi connectivity index (χ1v) is 14.9.